The van der Waals surface area contributed by atoms with Crippen LogP contribution in [-0.2, 0) is 23.9 Å². The normalized spacial score (nSPS) is 12.4. The first kappa shape index (κ1) is 32.5. The molecule has 0 aliphatic rings. The highest BCUT2D eigenvalue weighted by Gasteiger charge is 2.24. The lowest BCUT2D eigenvalue weighted by Gasteiger charge is -2.08. The van der Waals surface area contributed by atoms with E-state index in [-0.39, 0.29) is 17.7 Å². The zero-order chi connectivity index (χ0) is 28.1. The summed E-state index contributed by atoms with van der Waals surface area (Å²) in [5.41, 5.74) is -0.0827. The first-order valence-corrected chi connectivity index (χ1v) is 14.3. The highest BCUT2D eigenvalue weighted by atomic mass is 32.2. The summed E-state index contributed by atoms with van der Waals surface area (Å²) < 4.78 is 33.7. The molecule has 1 aromatic rings. The molecule has 0 spiro atoms. The van der Waals surface area contributed by atoms with Gasteiger partial charge in [0.1, 0.15) is 11.5 Å². The minimum absolute atomic E-state index is 0.0522. The monoisotopic (exact) mass is 542 g/mol. The largest absolute Gasteiger partial charge is 0.426 e. The van der Waals surface area contributed by atoms with Gasteiger partial charge in [0, 0.05) is 13.3 Å². The molecule has 0 amide bonds. The SMILES string of the molecule is CC/C=C\C/C=C\C/C=C\C/C=C\C/C=C\CCCC(=O)OS(=O)(=O)CC(=O)c1ccccc1OC(C)=O. The molecule has 0 radical (unpaired) electrons. The first-order valence-electron chi connectivity index (χ1n) is 12.8. The summed E-state index contributed by atoms with van der Waals surface area (Å²) in [5.74, 6) is -3.49. The zero-order valence-corrected chi connectivity index (χ0v) is 23.0. The van der Waals surface area contributed by atoms with Gasteiger partial charge in [0.15, 0.2) is 5.78 Å². The lowest BCUT2D eigenvalue weighted by molar-refractivity contribution is -0.134. The molecule has 1 aromatic carbocycles. The average molecular weight is 543 g/mol. The number of para-hydroxylation sites is 1. The van der Waals surface area contributed by atoms with Gasteiger partial charge in [-0.15, -0.1) is 0 Å². The second-order valence-corrected chi connectivity index (χ2v) is 9.84. The van der Waals surface area contributed by atoms with Gasteiger partial charge in [0.2, 0.25) is 0 Å². The maximum Gasteiger partial charge on any atom is 0.322 e. The number of allylic oxidation sites excluding steroid dienone is 10. The molecule has 7 nitrogen and oxygen atoms in total. The average Bonchev–Trinajstić information content (AvgIpc) is 2.85. The molecule has 0 saturated heterocycles. The lowest BCUT2D eigenvalue weighted by Crippen LogP contribution is -2.22. The highest BCUT2D eigenvalue weighted by Crippen LogP contribution is 2.20. The van der Waals surface area contributed by atoms with Gasteiger partial charge in [-0.1, -0.05) is 79.8 Å². The van der Waals surface area contributed by atoms with Gasteiger partial charge in [-0.05, 0) is 57.1 Å². The minimum atomic E-state index is -4.42. The summed E-state index contributed by atoms with van der Waals surface area (Å²) in [5, 5.41) is 0. The van der Waals surface area contributed by atoms with Crippen molar-refractivity contribution in [1.29, 1.82) is 0 Å². The number of carbonyl (C=O) groups excluding carboxylic acids is 3. The Hall–Kier alpha value is -3.52. The fourth-order valence-electron chi connectivity index (χ4n) is 3.12. The van der Waals surface area contributed by atoms with Gasteiger partial charge in [-0.25, -0.2) is 0 Å². The van der Waals surface area contributed by atoms with Gasteiger partial charge < -0.3 is 8.92 Å². The summed E-state index contributed by atoms with van der Waals surface area (Å²) in [6, 6.07) is 5.76. The highest BCUT2D eigenvalue weighted by molar-refractivity contribution is 7.87. The summed E-state index contributed by atoms with van der Waals surface area (Å²) in [4.78, 5) is 35.5. The first-order chi connectivity index (χ1) is 18.2. The molecular weight excluding hydrogens is 504 g/mol. The Morgan fingerprint density at radius 3 is 1.87 bits per heavy atom. The van der Waals surface area contributed by atoms with E-state index in [0.29, 0.717) is 12.8 Å². The van der Waals surface area contributed by atoms with Crippen molar-refractivity contribution < 1.29 is 31.7 Å². The molecule has 8 heteroatoms. The topological polar surface area (TPSA) is 104 Å². The van der Waals surface area contributed by atoms with Crippen molar-refractivity contribution in [2.75, 3.05) is 5.75 Å². The molecule has 1 rings (SSSR count). The standard InChI is InChI=1S/C30H38O7S/c1-3-4-5-6-7-8-9-10-11-12-13-14-15-16-17-18-19-24-30(33)37-38(34,35)25-28(32)27-22-20-21-23-29(27)36-26(2)31/h4-5,7-8,10-11,13-14,16-17,20-23H,3,6,9,12,15,18-19,24-25H2,1-2H3/b5-4-,8-7-,11-10-,14-13-,17-16-. The van der Waals surface area contributed by atoms with Crippen LogP contribution in [0.2, 0.25) is 0 Å². The second-order valence-electron chi connectivity index (χ2n) is 8.27. The maximum absolute atomic E-state index is 12.4. The van der Waals surface area contributed by atoms with E-state index in [1.165, 1.54) is 25.1 Å². The van der Waals surface area contributed by atoms with E-state index in [1.54, 1.807) is 6.07 Å². The van der Waals surface area contributed by atoms with Crippen LogP contribution in [0.4, 0.5) is 0 Å². The van der Waals surface area contributed by atoms with Crippen molar-refractivity contribution in [3.05, 3.63) is 90.6 Å². The summed E-state index contributed by atoms with van der Waals surface area (Å²) in [7, 11) is -4.42. The van der Waals surface area contributed by atoms with Crippen molar-refractivity contribution in [1.82, 2.24) is 0 Å². The van der Waals surface area contributed by atoms with Crippen LogP contribution in [0, 0.1) is 0 Å². The number of Topliss-reactive ketones (excluding diaryl/α,β-unsaturated/α-hetero) is 1. The lowest BCUT2D eigenvalue weighted by atomic mass is 10.1. The van der Waals surface area contributed by atoms with Gasteiger partial charge in [-0.2, -0.15) is 8.42 Å². The van der Waals surface area contributed by atoms with E-state index in [4.69, 9.17) is 4.74 Å². The number of esters is 1. The van der Waals surface area contributed by atoms with E-state index in [9.17, 15) is 22.8 Å². The quantitative estimate of drug-likeness (QED) is 0.0515. The van der Waals surface area contributed by atoms with E-state index >= 15 is 0 Å². The maximum atomic E-state index is 12.4. The summed E-state index contributed by atoms with van der Waals surface area (Å²) in [6.07, 6.45) is 26.5. The summed E-state index contributed by atoms with van der Waals surface area (Å²) >= 11 is 0. The Morgan fingerprint density at radius 2 is 1.32 bits per heavy atom. The van der Waals surface area contributed by atoms with Crippen molar-refractivity contribution >= 4 is 27.8 Å². The predicted molar refractivity (Wildman–Crippen MR) is 150 cm³/mol. The Balaban J connectivity index is 2.26. The van der Waals surface area contributed by atoms with E-state index in [0.717, 1.165) is 32.1 Å². The smallest absolute Gasteiger partial charge is 0.322 e. The third-order valence-corrected chi connectivity index (χ3v) is 5.93. The molecule has 0 unspecified atom stereocenters. The van der Waals surface area contributed by atoms with Crippen LogP contribution in [0.25, 0.3) is 0 Å². The van der Waals surface area contributed by atoms with Crippen LogP contribution in [0.3, 0.4) is 0 Å². The number of hydrogen-bond acceptors (Lipinski definition) is 7. The van der Waals surface area contributed by atoms with Crippen LogP contribution < -0.4 is 4.74 Å². The number of ketones is 1. The Labute approximate surface area is 226 Å². The third kappa shape index (κ3) is 16.3. The number of ether oxygens (including phenoxy) is 1. The zero-order valence-electron chi connectivity index (χ0n) is 22.2. The Morgan fingerprint density at radius 1 is 0.789 bits per heavy atom. The number of unbranched alkanes of at least 4 members (excludes halogenated alkanes) is 1. The molecule has 0 fully saturated rings. The molecule has 0 aliphatic heterocycles. The van der Waals surface area contributed by atoms with Crippen molar-refractivity contribution in [3.8, 4) is 5.75 Å². The number of hydrogen-bond donors (Lipinski definition) is 0. The molecule has 0 aromatic heterocycles. The molecule has 206 valence electrons. The van der Waals surface area contributed by atoms with Gasteiger partial charge in [0.25, 0.3) is 0 Å². The fourth-order valence-corrected chi connectivity index (χ4v) is 4.03. The van der Waals surface area contributed by atoms with Gasteiger partial charge in [0.05, 0.1) is 5.56 Å². The van der Waals surface area contributed by atoms with Crippen molar-refractivity contribution in [2.45, 2.75) is 65.2 Å². The fraction of sp³-hybridized carbons (Fsp3) is 0.367. The molecule has 38 heavy (non-hydrogen) atoms. The van der Waals surface area contributed by atoms with Crippen molar-refractivity contribution in [2.24, 2.45) is 0 Å². The Bertz CT molecular complexity index is 1140. The molecule has 0 saturated carbocycles. The number of benzene rings is 1. The van der Waals surface area contributed by atoms with Crippen LogP contribution in [0.1, 0.15) is 75.6 Å². The van der Waals surface area contributed by atoms with E-state index in [1.807, 2.05) is 12.2 Å². The van der Waals surface area contributed by atoms with Crippen LogP contribution in [-0.4, -0.2) is 31.9 Å². The number of rotatable bonds is 18. The molecule has 0 heterocycles. The summed E-state index contributed by atoms with van der Waals surface area (Å²) in [6.45, 7) is 3.29. The second kappa shape index (κ2) is 19.6. The van der Waals surface area contributed by atoms with E-state index in [2.05, 4.69) is 59.7 Å². The van der Waals surface area contributed by atoms with Crippen LogP contribution in [0.5, 0.6) is 5.75 Å². The number of carbonyl (C=O) groups is 3. The van der Waals surface area contributed by atoms with Crippen LogP contribution in [0.15, 0.2) is 85.0 Å². The molecule has 0 bridgehead atoms. The molecule has 0 atom stereocenters. The third-order valence-electron chi connectivity index (χ3n) is 4.88. The van der Waals surface area contributed by atoms with Gasteiger partial charge >= 0.3 is 22.1 Å². The Kier molecular flexibility index (Phi) is 16.7. The predicted octanol–water partition coefficient (Wildman–Crippen LogP) is 6.59. The van der Waals surface area contributed by atoms with Crippen molar-refractivity contribution in [3.63, 3.8) is 0 Å². The molecular formula is C30H38O7S. The molecule has 0 N–H and O–H groups in total. The van der Waals surface area contributed by atoms with Gasteiger partial charge in [-0.3, -0.25) is 14.4 Å². The van der Waals surface area contributed by atoms with E-state index < -0.39 is 33.6 Å². The minimum Gasteiger partial charge on any atom is -0.426 e. The van der Waals surface area contributed by atoms with Crippen LogP contribution >= 0.6 is 0 Å². The molecule has 0 aliphatic carbocycles.